The van der Waals surface area contributed by atoms with Crippen LogP contribution in [0.4, 0.5) is 0 Å². The third-order valence-electron chi connectivity index (χ3n) is 8.48. The highest BCUT2D eigenvalue weighted by Crippen LogP contribution is 2.66. The number of ketones is 1. The van der Waals surface area contributed by atoms with Crippen molar-refractivity contribution in [2.24, 2.45) is 28.6 Å². The number of fused-ring (bicyclic) bond motifs is 5. The Hall–Kier alpha value is -0.610. The minimum atomic E-state index is -0.196. The van der Waals surface area contributed by atoms with Crippen LogP contribution < -0.4 is 0 Å². The van der Waals surface area contributed by atoms with E-state index in [1.807, 2.05) is 13.0 Å². The van der Waals surface area contributed by atoms with Gasteiger partial charge in [-0.25, -0.2) is 0 Å². The lowest BCUT2D eigenvalue weighted by Crippen LogP contribution is -2.55. The van der Waals surface area contributed by atoms with E-state index in [0.717, 1.165) is 38.5 Å². The van der Waals surface area contributed by atoms with E-state index in [4.69, 9.17) is 0 Å². The van der Waals surface area contributed by atoms with Gasteiger partial charge in [0.25, 0.3) is 0 Å². The monoisotopic (exact) mass is 376 g/mol. The molecule has 3 nitrogen and oxygen atoms in total. The first-order valence-corrected chi connectivity index (χ1v) is 11.3. The predicted molar refractivity (Wildman–Crippen MR) is 105 cm³/mol. The van der Waals surface area contributed by atoms with Crippen LogP contribution in [0.25, 0.3) is 0 Å². The van der Waals surface area contributed by atoms with Crippen LogP contribution >= 0.6 is 11.8 Å². The Balaban J connectivity index is 1.74. The van der Waals surface area contributed by atoms with Crippen LogP contribution in [-0.4, -0.2) is 27.4 Å². The summed E-state index contributed by atoms with van der Waals surface area (Å²) in [5, 5.41) is 11.2. The number of carbonyl (C=O) groups is 2. The number of rotatable bonds is 2. The van der Waals surface area contributed by atoms with Gasteiger partial charge in [0.05, 0.1) is 6.10 Å². The third-order valence-corrected chi connectivity index (χ3v) is 9.82. The number of aliphatic hydroxyl groups excluding tert-OH is 1. The van der Waals surface area contributed by atoms with Crippen LogP contribution in [-0.2, 0) is 9.59 Å². The zero-order valence-corrected chi connectivity index (χ0v) is 17.1. The number of thioether (sulfide) groups is 1. The molecule has 0 amide bonds. The summed E-state index contributed by atoms with van der Waals surface area (Å²) < 4.78 is 0. The van der Waals surface area contributed by atoms with Gasteiger partial charge in [0.15, 0.2) is 10.9 Å². The largest absolute Gasteiger partial charge is 0.393 e. The molecule has 26 heavy (non-hydrogen) atoms. The maximum atomic E-state index is 12.3. The van der Waals surface area contributed by atoms with Crippen LogP contribution in [0.2, 0.25) is 0 Å². The second-order valence-corrected chi connectivity index (χ2v) is 10.9. The van der Waals surface area contributed by atoms with Gasteiger partial charge in [-0.1, -0.05) is 38.1 Å². The molecule has 1 N–H and O–H groups in total. The van der Waals surface area contributed by atoms with Gasteiger partial charge in [0.1, 0.15) is 0 Å². The Bertz CT molecular complexity index is 656. The molecule has 0 bridgehead atoms. The van der Waals surface area contributed by atoms with E-state index in [1.54, 1.807) is 0 Å². The smallest absolute Gasteiger partial charge is 0.188 e. The van der Waals surface area contributed by atoms with Crippen LogP contribution in [0.5, 0.6) is 0 Å². The molecule has 0 aromatic heterocycles. The molecule has 4 aliphatic rings. The first-order chi connectivity index (χ1) is 12.3. The Morgan fingerprint density at radius 3 is 2.73 bits per heavy atom. The molecule has 4 heteroatoms. The van der Waals surface area contributed by atoms with E-state index >= 15 is 0 Å². The Kier molecular flexibility index (Phi) is 4.67. The van der Waals surface area contributed by atoms with Crippen molar-refractivity contribution in [3.05, 3.63) is 11.6 Å². The number of allylic oxidation sites excluding steroid dienone is 1. The van der Waals surface area contributed by atoms with Crippen molar-refractivity contribution in [2.45, 2.75) is 83.5 Å². The second kappa shape index (κ2) is 6.48. The molecule has 3 fully saturated rings. The van der Waals surface area contributed by atoms with Crippen LogP contribution in [0.1, 0.15) is 72.1 Å². The minimum absolute atomic E-state index is 0.0112. The summed E-state index contributed by atoms with van der Waals surface area (Å²) >= 11 is 1.54. The van der Waals surface area contributed by atoms with E-state index < -0.39 is 0 Å². The van der Waals surface area contributed by atoms with Gasteiger partial charge in [-0.3, -0.25) is 9.59 Å². The molecule has 3 saturated carbocycles. The summed E-state index contributed by atoms with van der Waals surface area (Å²) in [7, 11) is 0. The summed E-state index contributed by atoms with van der Waals surface area (Å²) in [6.45, 7) is 6.60. The molecule has 0 aromatic rings. The zero-order chi connectivity index (χ0) is 18.7. The van der Waals surface area contributed by atoms with Gasteiger partial charge in [-0.05, 0) is 73.2 Å². The standard InChI is InChI=1S/C22H32O3S/c1-4-19(25)26-17-12-13-11-14(23)7-9-21(13,2)16-8-10-22(3)15(20(16)17)5-6-18(22)24/h11,15-18,20,24H,4-10,12H2,1-3H3/t15-,16-,17-,18+,20-,21-,22-/m0/s1. The van der Waals surface area contributed by atoms with Gasteiger partial charge >= 0.3 is 0 Å². The van der Waals surface area contributed by atoms with Gasteiger partial charge in [-0.2, -0.15) is 0 Å². The number of hydrogen-bond acceptors (Lipinski definition) is 4. The van der Waals surface area contributed by atoms with Crippen LogP contribution in [0.15, 0.2) is 11.6 Å². The van der Waals surface area contributed by atoms with Crippen molar-refractivity contribution in [1.29, 1.82) is 0 Å². The Morgan fingerprint density at radius 2 is 2.00 bits per heavy atom. The molecule has 0 heterocycles. The Labute approximate surface area is 161 Å². The van der Waals surface area contributed by atoms with Crippen molar-refractivity contribution in [3.8, 4) is 0 Å². The highest BCUT2D eigenvalue weighted by Gasteiger charge is 2.61. The molecular formula is C22H32O3S. The van der Waals surface area contributed by atoms with Crippen molar-refractivity contribution < 1.29 is 14.7 Å². The average molecular weight is 377 g/mol. The maximum absolute atomic E-state index is 12.3. The van der Waals surface area contributed by atoms with Crippen molar-refractivity contribution >= 4 is 22.7 Å². The lowest BCUT2D eigenvalue weighted by atomic mass is 9.47. The predicted octanol–water partition coefficient (Wildman–Crippen LogP) is 4.53. The van der Waals surface area contributed by atoms with E-state index in [0.29, 0.717) is 30.6 Å². The van der Waals surface area contributed by atoms with E-state index in [1.165, 1.54) is 17.3 Å². The van der Waals surface area contributed by atoms with Gasteiger partial charge in [0, 0.05) is 18.1 Å². The second-order valence-electron chi connectivity index (χ2n) is 9.57. The number of aliphatic hydroxyl groups is 1. The van der Waals surface area contributed by atoms with Crippen molar-refractivity contribution in [1.82, 2.24) is 0 Å². The highest BCUT2D eigenvalue weighted by atomic mass is 32.2. The zero-order valence-electron chi connectivity index (χ0n) is 16.3. The Morgan fingerprint density at radius 1 is 1.23 bits per heavy atom. The molecule has 7 atom stereocenters. The quantitative estimate of drug-likeness (QED) is 0.769. The lowest BCUT2D eigenvalue weighted by Gasteiger charge is -2.59. The highest BCUT2D eigenvalue weighted by molar-refractivity contribution is 8.14. The van der Waals surface area contributed by atoms with Crippen molar-refractivity contribution in [2.75, 3.05) is 0 Å². The first-order valence-electron chi connectivity index (χ1n) is 10.4. The molecule has 0 aromatic carbocycles. The lowest BCUT2D eigenvalue weighted by molar-refractivity contribution is -0.117. The van der Waals surface area contributed by atoms with Crippen molar-refractivity contribution in [3.63, 3.8) is 0 Å². The van der Waals surface area contributed by atoms with E-state index in [9.17, 15) is 14.7 Å². The summed E-state index contributed by atoms with van der Waals surface area (Å²) in [6, 6.07) is 0. The number of carbonyl (C=O) groups excluding carboxylic acids is 2. The molecule has 4 aliphatic carbocycles. The van der Waals surface area contributed by atoms with Gasteiger partial charge in [0.2, 0.25) is 0 Å². The molecule has 0 aliphatic heterocycles. The van der Waals surface area contributed by atoms with Crippen LogP contribution in [0.3, 0.4) is 0 Å². The summed E-state index contributed by atoms with van der Waals surface area (Å²) in [5.41, 5.74) is 1.43. The SMILES string of the molecule is CCC(=O)S[C@H]1CC2=CC(=O)CC[C@]2(C)[C@H]2CC[C@]3(C)[C@H](O)CC[C@H]3[C@H]12. The molecule has 0 unspecified atom stereocenters. The maximum Gasteiger partial charge on any atom is 0.188 e. The number of hydrogen-bond donors (Lipinski definition) is 1. The fourth-order valence-corrected chi connectivity index (χ4v) is 8.15. The fraction of sp³-hybridized carbons (Fsp3) is 0.818. The van der Waals surface area contributed by atoms with Crippen LogP contribution in [0, 0.1) is 28.6 Å². The third kappa shape index (κ3) is 2.66. The fourth-order valence-electron chi connectivity index (χ4n) is 6.84. The van der Waals surface area contributed by atoms with Gasteiger partial charge in [-0.15, -0.1) is 0 Å². The molecule has 4 rings (SSSR count). The summed E-state index contributed by atoms with van der Waals surface area (Å²) in [5.74, 6) is 1.80. The molecule has 144 valence electrons. The molecule has 0 spiro atoms. The van der Waals surface area contributed by atoms with Gasteiger partial charge < -0.3 is 5.11 Å². The topological polar surface area (TPSA) is 54.4 Å². The molecule has 0 radical (unpaired) electrons. The molecular weight excluding hydrogens is 344 g/mol. The van der Waals surface area contributed by atoms with E-state index in [-0.39, 0.29) is 33.1 Å². The summed E-state index contributed by atoms with van der Waals surface area (Å²) in [4.78, 5) is 24.4. The minimum Gasteiger partial charge on any atom is -0.393 e. The normalized spacial score (nSPS) is 47.6. The first kappa shape index (κ1) is 18.7. The van der Waals surface area contributed by atoms with E-state index in [2.05, 4.69) is 13.8 Å². The summed E-state index contributed by atoms with van der Waals surface area (Å²) in [6.07, 6.45) is 8.99. The molecule has 0 saturated heterocycles. The average Bonchev–Trinajstić information content (AvgIpc) is 2.91.